The molecule has 2 aliphatic rings. The number of methoxy groups -OCH3 is 1. The molecule has 2 amide bonds. The first kappa shape index (κ1) is 38.0. The lowest BCUT2D eigenvalue weighted by atomic mass is 9.87. The number of nitrogens with zero attached hydrogens (tertiary/aromatic N) is 1. The zero-order valence-electron chi connectivity index (χ0n) is 30.6. The molecular weight excluding hydrogens is 648 g/mol. The Balaban J connectivity index is 1.11. The lowest BCUT2D eigenvalue weighted by Gasteiger charge is -2.39. The molecule has 1 heterocycles. The van der Waals surface area contributed by atoms with Gasteiger partial charge >= 0.3 is 6.09 Å². The molecule has 2 fully saturated rings. The first-order chi connectivity index (χ1) is 24.7. The Hall–Kier alpha value is -4.28. The molecule has 0 radical (unpaired) electrons. The molecule has 5 rings (SSSR count). The summed E-state index contributed by atoms with van der Waals surface area (Å²) in [6, 6.07) is 23.9. The van der Waals surface area contributed by atoms with Gasteiger partial charge in [-0.25, -0.2) is 4.79 Å². The summed E-state index contributed by atoms with van der Waals surface area (Å²) >= 11 is 0. The molecule has 276 valence electrons. The van der Waals surface area contributed by atoms with Gasteiger partial charge in [-0.2, -0.15) is 0 Å². The smallest absolute Gasteiger partial charge is 0.410 e. The third kappa shape index (κ3) is 12.2. The summed E-state index contributed by atoms with van der Waals surface area (Å²) in [6.45, 7) is 9.55. The van der Waals surface area contributed by atoms with Crippen molar-refractivity contribution in [2.45, 2.75) is 77.1 Å². The normalized spacial score (nSPS) is 17.5. The number of para-hydroxylation sites is 2. The molecule has 51 heavy (non-hydrogen) atoms. The number of nitrogens with one attached hydrogen (secondary N) is 1. The lowest BCUT2D eigenvalue weighted by molar-refractivity contribution is -0.122. The standard InChI is InChI=1S/C41H54N2O8/c1-41(2,3)51-40(45)43-23-21-35(30-16-18-34(19-17-30)48-25-9-24-47-29-33-11-6-7-12-36(33)46-4)38(28-43)50-27-26-49-37-13-8-5-10-31(37)20-22-42-39(44)32-14-15-32/h5-8,10-13,16-19,32,35,38H,9,14-15,20-29H2,1-4H3,(H,42,44). The highest BCUT2D eigenvalue weighted by Crippen LogP contribution is 2.33. The summed E-state index contributed by atoms with van der Waals surface area (Å²) in [5.74, 6) is 2.84. The zero-order valence-corrected chi connectivity index (χ0v) is 30.6. The van der Waals surface area contributed by atoms with Crippen LogP contribution in [0.15, 0.2) is 72.8 Å². The summed E-state index contributed by atoms with van der Waals surface area (Å²) in [6.07, 6.45) is 3.61. The Morgan fingerprint density at radius 2 is 1.55 bits per heavy atom. The molecule has 2 unspecified atom stereocenters. The maximum atomic E-state index is 13.0. The van der Waals surface area contributed by atoms with Gasteiger partial charge < -0.3 is 38.6 Å². The topological polar surface area (TPSA) is 105 Å². The van der Waals surface area contributed by atoms with Crippen LogP contribution < -0.4 is 19.5 Å². The van der Waals surface area contributed by atoms with Crippen LogP contribution in [0.25, 0.3) is 0 Å². The lowest BCUT2D eigenvalue weighted by Crippen LogP contribution is -2.48. The second-order valence-corrected chi connectivity index (χ2v) is 14.1. The molecule has 1 N–H and O–H groups in total. The molecule has 0 bridgehead atoms. The van der Waals surface area contributed by atoms with Crippen LogP contribution in [0.5, 0.6) is 17.2 Å². The van der Waals surface area contributed by atoms with E-state index in [9.17, 15) is 9.59 Å². The van der Waals surface area contributed by atoms with E-state index in [2.05, 4.69) is 17.4 Å². The average Bonchev–Trinajstić information content (AvgIpc) is 3.98. The Labute approximate surface area is 302 Å². The predicted octanol–water partition coefficient (Wildman–Crippen LogP) is 6.94. The van der Waals surface area contributed by atoms with E-state index < -0.39 is 5.60 Å². The first-order valence-electron chi connectivity index (χ1n) is 18.2. The van der Waals surface area contributed by atoms with E-state index >= 15 is 0 Å². The molecule has 1 saturated carbocycles. The number of amides is 2. The molecule has 2 atom stereocenters. The van der Waals surface area contributed by atoms with Gasteiger partial charge in [0, 0.05) is 36.9 Å². The highest BCUT2D eigenvalue weighted by Gasteiger charge is 2.35. The number of ether oxygens (including phenoxy) is 6. The van der Waals surface area contributed by atoms with E-state index in [0.717, 1.165) is 59.6 Å². The van der Waals surface area contributed by atoms with Gasteiger partial charge in [0.15, 0.2) is 0 Å². The van der Waals surface area contributed by atoms with Gasteiger partial charge in [-0.3, -0.25) is 4.79 Å². The van der Waals surface area contributed by atoms with Crippen LogP contribution in [0, 0.1) is 5.92 Å². The molecule has 1 saturated heterocycles. The molecule has 1 aliphatic heterocycles. The van der Waals surface area contributed by atoms with Crippen LogP contribution in [-0.2, 0) is 32.0 Å². The van der Waals surface area contributed by atoms with Crippen molar-refractivity contribution < 1.29 is 38.0 Å². The maximum absolute atomic E-state index is 13.0. The largest absolute Gasteiger partial charge is 0.496 e. The minimum atomic E-state index is -0.580. The third-order valence-electron chi connectivity index (χ3n) is 8.96. The summed E-state index contributed by atoms with van der Waals surface area (Å²) < 4.78 is 35.5. The van der Waals surface area contributed by atoms with Crippen LogP contribution in [0.3, 0.4) is 0 Å². The van der Waals surface area contributed by atoms with Gasteiger partial charge in [-0.05, 0) is 81.8 Å². The van der Waals surface area contributed by atoms with Crippen molar-refractivity contribution in [2.75, 3.05) is 53.2 Å². The van der Waals surface area contributed by atoms with Crippen LogP contribution in [-0.4, -0.2) is 81.8 Å². The van der Waals surface area contributed by atoms with Crippen molar-refractivity contribution in [1.29, 1.82) is 0 Å². The fraction of sp³-hybridized carbons (Fsp3) is 0.512. The van der Waals surface area contributed by atoms with Gasteiger partial charge in [0.05, 0.1) is 46.2 Å². The third-order valence-corrected chi connectivity index (χ3v) is 8.96. The van der Waals surface area contributed by atoms with Gasteiger partial charge in [0.1, 0.15) is 29.5 Å². The SMILES string of the molecule is COc1ccccc1COCCCOc1ccc(C2CCN(C(=O)OC(C)(C)C)CC2OCCOc2ccccc2CCNC(=O)C2CC2)cc1. The van der Waals surface area contributed by atoms with Crippen LogP contribution >= 0.6 is 0 Å². The van der Waals surface area contributed by atoms with Crippen LogP contribution in [0.2, 0.25) is 0 Å². The molecule has 10 heteroatoms. The number of piperidine rings is 1. The molecule has 10 nitrogen and oxygen atoms in total. The Kier molecular flexibility index (Phi) is 14.0. The summed E-state index contributed by atoms with van der Waals surface area (Å²) in [5.41, 5.74) is 2.62. The Morgan fingerprint density at radius 3 is 2.27 bits per heavy atom. The van der Waals surface area contributed by atoms with Crippen molar-refractivity contribution in [1.82, 2.24) is 10.2 Å². The maximum Gasteiger partial charge on any atom is 0.410 e. The number of carbonyl (C=O) groups is 2. The number of hydrogen-bond donors (Lipinski definition) is 1. The van der Waals surface area contributed by atoms with E-state index in [1.54, 1.807) is 12.0 Å². The van der Waals surface area contributed by atoms with E-state index in [-0.39, 0.29) is 29.9 Å². The zero-order chi connectivity index (χ0) is 36.1. The number of carbonyl (C=O) groups excluding carboxylic acids is 2. The molecule has 3 aromatic rings. The highest BCUT2D eigenvalue weighted by molar-refractivity contribution is 5.80. The fourth-order valence-corrected chi connectivity index (χ4v) is 6.14. The summed E-state index contributed by atoms with van der Waals surface area (Å²) in [4.78, 5) is 26.8. The van der Waals surface area contributed by atoms with Gasteiger partial charge in [0.2, 0.25) is 5.91 Å². The van der Waals surface area contributed by atoms with Gasteiger partial charge in [0.25, 0.3) is 0 Å². The van der Waals surface area contributed by atoms with Gasteiger partial charge in [-0.1, -0.05) is 48.5 Å². The molecule has 3 aromatic carbocycles. The van der Waals surface area contributed by atoms with E-state index in [1.165, 1.54) is 0 Å². The van der Waals surface area contributed by atoms with E-state index in [0.29, 0.717) is 59.1 Å². The number of hydrogen-bond acceptors (Lipinski definition) is 8. The van der Waals surface area contributed by atoms with Crippen molar-refractivity contribution in [3.8, 4) is 17.2 Å². The summed E-state index contributed by atoms with van der Waals surface area (Å²) in [5, 5.41) is 3.03. The van der Waals surface area contributed by atoms with Crippen LogP contribution in [0.1, 0.15) is 69.1 Å². The summed E-state index contributed by atoms with van der Waals surface area (Å²) in [7, 11) is 1.66. The predicted molar refractivity (Wildman–Crippen MR) is 195 cm³/mol. The van der Waals surface area contributed by atoms with Crippen molar-refractivity contribution in [2.24, 2.45) is 5.92 Å². The van der Waals surface area contributed by atoms with E-state index in [1.807, 2.05) is 81.4 Å². The average molecular weight is 703 g/mol. The van der Waals surface area contributed by atoms with E-state index in [4.69, 9.17) is 28.4 Å². The second kappa shape index (κ2) is 18.8. The molecular formula is C41H54N2O8. The minimum Gasteiger partial charge on any atom is -0.496 e. The van der Waals surface area contributed by atoms with Crippen molar-refractivity contribution >= 4 is 12.0 Å². The molecule has 0 spiro atoms. The van der Waals surface area contributed by atoms with Crippen molar-refractivity contribution in [3.63, 3.8) is 0 Å². The highest BCUT2D eigenvalue weighted by atomic mass is 16.6. The molecule has 0 aromatic heterocycles. The number of rotatable bonds is 18. The first-order valence-corrected chi connectivity index (χ1v) is 18.2. The Morgan fingerprint density at radius 1 is 0.824 bits per heavy atom. The second-order valence-electron chi connectivity index (χ2n) is 14.1. The Bertz CT molecular complexity index is 1540. The minimum absolute atomic E-state index is 0.0866. The van der Waals surface area contributed by atoms with Gasteiger partial charge in [-0.15, -0.1) is 0 Å². The van der Waals surface area contributed by atoms with Crippen molar-refractivity contribution in [3.05, 3.63) is 89.5 Å². The van der Waals surface area contributed by atoms with Crippen LogP contribution in [0.4, 0.5) is 4.79 Å². The quantitative estimate of drug-likeness (QED) is 0.142. The number of likely N-dealkylation sites (tertiary alicyclic amines) is 1. The monoisotopic (exact) mass is 702 g/mol. The number of benzene rings is 3. The fourth-order valence-electron chi connectivity index (χ4n) is 6.14. The molecule has 1 aliphatic carbocycles.